The maximum Gasteiger partial charge on any atom is 0.224 e. The van der Waals surface area contributed by atoms with Gasteiger partial charge in [-0.15, -0.1) is 0 Å². The zero-order chi connectivity index (χ0) is 11.3. The zero-order valence-corrected chi connectivity index (χ0v) is 8.09. The maximum absolute atomic E-state index is 12.7. The second-order valence-electron chi connectivity index (χ2n) is 3.07. The van der Waals surface area contributed by atoms with Crippen molar-refractivity contribution < 1.29 is 13.6 Å². The van der Waals surface area contributed by atoms with Gasteiger partial charge >= 0.3 is 0 Å². The first-order chi connectivity index (χ1) is 7.13. The Hall–Kier alpha value is -1.49. The highest BCUT2D eigenvalue weighted by Crippen LogP contribution is 2.13. The van der Waals surface area contributed by atoms with E-state index in [1.807, 2.05) is 0 Å². The molecule has 1 rings (SSSR count). The fourth-order valence-corrected chi connectivity index (χ4v) is 1.06. The van der Waals surface area contributed by atoms with Crippen molar-refractivity contribution in [2.75, 3.05) is 11.9 Å². The molecule has 0 bridgehead atoms. The number of halogens is 2. The Morgan fingerprint density at radius 2 is 2.07 bits per heavy atom. The Bertz CT molecular complexity index is 355. The van der Waals surface area contributed by atoms with Crippen LogP contribution in [0.15, 0.2) is 18.2 Å². The standard InChI is InChI=1S/C10H12F2N2O/c11-8-4-3-7(6-9(8)12)14-10(15)2-1-5-13/h3-4,6H,1-2,5,13H2,(H,14,15). The van der Waals surface area contributed by atoms with Crippen molar-refractivity contribution in [3.63, 3.8) is 0 Å². The number of benzene rings is 1. The third kappa shape index (κ3) is 3.63. The van der Waals surface area contributed by atoms with Gasteiger partial charge in [0.05, 0.1) is 0 Å². The summed E-state index contributed by atoms with van der Waals surface area (Å²) in [5.74, 6) is -2.17. The van der Waals surface area contributed by atoms with Gasteiger partial charge in [-0.25, -0.2) is 8.78 Å². The molecule has 3 nitrogen and oxygen atoms in total. The van der Waals surface area contributed by atoms with E-state index in [-0.39, 0.29) is 18.0 Å². The summed E-state index contributed by atoms with van der Waals surface area (Å²) < 4.78 is 25.3. The Morgan fingerprint density at radius 3 is 2.67 bits per heavy atom. The predicted octanol–water partition coefficient (Wildman–Crippen LogP) is 1.64. The van der Waals surface area contributed by atoms with Gasteiger partial charge in [0.1, 0.15) is 0 Å². The first-order valence-corrected chi connectivity index (χ1v) is 4.58. The fourth-order valence-electron chi connectivity index (χ4n) is 1.06. The summed E-state index contributed by atoms with van der Waals surface area (Å²) in [6, 6.07) is 3.21. The SMILES string of the molecule is NCCCC(=O)Nc1ccc(F)c(F)c1. The summed E-state index contributed by atoms with van der Waals surface area (Å²) in [4.78, 5) is 11.2. The van der Waals surface area contributed by atoms with E-state index in [9.17, 15) is 13.6 Å². The topological polar surface area (TPSA) is 55.1 Å². The van der Waals surface area contributed by atoms with E-state index in [1.165, 1.54) is 6.07 Å². The van der Waals surface area contributed by atoms with Crippen LogP contribution in [0, 0.1) is 11.6 Å². The lowest BCUT2D eigenvalue weighted by atomic mass is 10.2. The molecule has 1 amide bonds. The van der Waals surface area contributed by atoms with E-state index in [0.717, 1.165) is 12.1 Å². The van der Waals surface area contributed by atoms with Crippen LogP contribution in [0.4, 0.5) is 14.5 Å². The molecule has 1 aromatic rings. The number of amides is 1. The molecular weight excluding hydrogens is 202 g/mol. The van der Waals surface area contributed by atoms with Gasteiger partial charge in [0.25, 0.3) is 0 Å². The summed E-state index contributed by atoms with van der Waals surface area (Å²) in [5, 5.41) is 2.44. The van der Waals surface area contributed by atoms with Crippen molar-refractivity contribution in [1.29, 1.82) is 0 Å². The predicted molar refractivity (Wildman–Crippen MR) is 53.3 cm³/mol. The molecule has 0 aliphatic heterocycles. The minimum atomic E-state index is -0.980. The Kier molecular flexibility index (Phi) is 4.17. The molecule has 0 heterocycles. The van der Waals surface area contributed by atoms with Crippen LogP contribution in [0.1, 0.15) is 12.8 Å². The lowest BCUT2D eigenvalue weighted by molar-refractivity contribution is -0.116. The molecule has 0 aromatic heterocycles. The Labute approximate surface area is 86.3 Å². The lowest BCUT2D eigenvalue weighted by Crippen LogP contribution is -2.13. The highest BCUT2D eigenvalue weighted by Gasteiger charge is 2.05. The van der Waals surface area contributed by atoms with Crippen molar-refractivity contribution in [1.82, 2.24) is 0 Å². The minimum absolute atomic E-state index is 0.246. The number of carbonyl (C=O) groups excluding carboxylic acids is 1. The molecule has 0 radical (unpaired) electrons. The van der Waals surface area contributed by atoms with Gasteiger partial charge in [0.15, 0.2) is 11.6 Å². The van der Waals surface area contributed by atoms with E-state index in [1.54, 1.807) is 0 Å². The van der Waals surface area contributed by atoms with Crippen LogP contribution in [0.3, 0.4) is 0 Å². The molecular formula is C10H12F2N2O. The van der Waals surface area contributed by atoms with Crippen molar-refractivity contribution in [3.05, 3.63) is 29.8 Å². The third-order valence-corrected chi connectivity index (χ3v) is 1.81. The molecule has 0 unspecified atom stereocenters. The second kappa shape index (κ2) is 5.41. The fraction of sp³-hybridized carbons (Fsp3) is 0.300. The molecule has 0 atom stereocenters. The molecule has 0 fully saturated rings. The molecule has 82 valence electrons. The normalized spacial score (nSPS) is 10.1. The van der Waals surface area contributed by atoms with Gasteiger partial charge in [-0.1, -0.05) is 0 Å². The van der Waals surface area contributed by atoms with Gasteiger partial charge in [0, 0.05) is 18.2 Å². The van der Waals surface area contributed by atoms with Crippen LogP contribution in [0.5, 0.6) is 0 Å². The number of hydrogen-bond acceptors (Lipinski definition) is 2. The van der Waals surface area contributed by atoms with Crippen molar-refractivity contribution >= 4 is 11.6 Å². The Balaban J connectivity index is 2.57. The van der Waals surface area contributed by atoms with Crippen LogP contribution in [-0.2, 0) is 4.79 Å². The van der Waals surface area contributed by atoms with E-state index >= 15 is 0 Å². The van der Waals surface area contributed by atoms with E-state index in [0.29, 0.717) is 13.0 Å². The maximum atomic E-state index is 12.7. The Morgan fingerprint density at radius 1 is 1.33 bits per heavy atom. The van der Waals surface area contributed by atoms with Crippen LogP contribution in [-0.4, -0.2) is 12.5 Å². The summed E-state index contributed by atoms with van der Waals surface area (Å²) in [6.45, 7) is 0.422. The number of nitrogens with one attached hydrogen (secondary N) is 1. The number of hydrogen-bond donors (Lipinski definition) is 2. The molecule has 1 aromatic carbocycles. The van der Waals surface area contributed by atoms with Crippen LogP contribution >= 0.6 is 0 Å². The first kappa shape index (κ1) is 11.6. The molecule has 15 heavy (non-hydrogen) atoms. The van der Waals surface area contributed by atoms with Gasteiger partial charge in [-0.05, 0) is 25.1 Å². The van der Waals surface area contributed by atoms with Crippen LogP contribution in [0.25, 0.3) is 0 Å². The summed E-state index contributed by atoms with van der Waals surface area (Å²) in [6.07, 6.45) is 0.838. The number of anilines is 1. The van der Waals surface area contributed by atoms with E-state index in [2.05, 4.69) is 5.32 Å². The van der Waals surface area contributed by atoms with E-state index in [4.69, 9.17) is 5.73 Å². The monoisotopic (exact) mass is 214 g/mol. The van der Waals surface area contributed by atoms with Gasteiger partial charge in [0.2, 0.25) is 5.91 Å². The van der Waals surface area contributed by atoms with E-state index < -0.39 is 11.6 Å². The molecule has 5 heteroatoms. The number of nitrogens with two attached hydrogens (primary N) is 1. The molecule has 0 aliphatic rings. The average molecular weight is 214 g/mol. The van der Waals surface area contributed by atoms with Gasteiger partial charge in [-0.3, -0.25) is 4.79 Å². The molecule has 0 aliphatic carbocycles. The lowest BCUT2D eigenvalue weighted by Gasteiger charge is -2.04. The number of carbonyl (C=O) groups is 1. The number of rotatable bonds is 4. The summed E-state index contributed by atoms with van der Waals surface area (Å²) >= 11 is 0. The van der Waals surface area contributed by atoms with Gasteiger partial charge in [-0.2, -0.15) is 0 Å². The van der Waals surface area contributed by atoms with Crippen LogP contribution < -0.4 is 11.1 Å². The third-order valence-electron chi connectivity index (χ3n) is 1.81. The highest BCUT2D eigenvalue weighted by molar-refractivity contribution is 5.90. The zero-order valence-electron chi connectivity index (χ0n) is 8.09. The van der Waals surface area contributed by atoms with Crippen molar-refractivity contribution in [3.8, 4) is 0 Å². The van der Waals surface area contributed by atoms with Gasteiger partial charge < -0.3 is 11.1 Å². The smallest absolute Gasteiger partial charge is 0.224 e. The molecule has 0 spiro atoms. The summed E-state index contributed by atoms with van der Waals surface area (Å²) in [5.41, 5.74) is 5.47. The second-order valence-corrected chi connectivity index (χ2v) is 3.07. The molecule has 0 saturated carbocycles. The van der Waals surface area contributed by atoms with Crippen molar-refractivity contribution in [2.24, 2.45) is 5.73 Å². The highest BCUT2D eigenvalue weighted by atomic mass is 19.2. The average Bonchev–Trinajstić information content (AvgIpc) is 2.20. The quantitative estimate of drug-likeness (QED) is 0.800. The minimum Gasteiger partial charge on any atom is -0.330 e. The first-order valence-electron chi connectivity index (χ1n) is 4.58. The van der Waals surface area contributed by atoms with Crippen molar-refractivity contribution in [2.45, 2.75) is 12.8 Å². The molecule has 0 saturated heterocycles. The largest absolute Gasteiger partial charge is 0.330 e. The summed E-state index contributed by atoms with van der Waals surface area (Å²) in [7, 11) is 0. The molecule has 3 N–H and O–H groups in total. The van der Waals surface area contributed by atoms with Crippen LogP contribution in [0.2, 0.25) is 0 Å².